The van der Waals surface area contributed by atoms with Crippen LogP contribution in [0.25, 0.3) is 0 Å². The second-order valence-electron chi connectivity index (χ2n) is 4.32. The largest absolute Gasteiger partial charge is 0.490 e. The molecular weight excluding hydrogens is 250 g/mol. The molecule has 3 nitrogen and oxygen atoms in total. The highest BCUT2D eigenvalue weighted by atomic mass is 19.1. The van der Waals surface area contributed by atoms with Gasteiger partial charge in [0.1, 0.15) is 11.4 Å². The fourth-order valence-electron chi connectivity index (χ4n) is 1.81. The van der Waals surface area contributed by atoms with Gasteiger partial charge in [-0.25, -0.2) is 8.78 Å². The first-order valence-electron chi connectivity index (χ1n) is 6.25. The van der Waals surface area contributed by atoms with E-state index in [-0.39, 0.29) is 12.4 Å². The first-order valence-corrected chi connectivity index (χ1v) is 6.25. The van der Waals surface area contributed by atoms with Crippen molar-refractivity contribution in [1.29, 1.82) is 5.26 Å². The normalized spacial score (nSPS) is 13.6. The van der Waals surface area contributed by atoms with Gasteiger partial charge in [-0.1, -0.05) is 6.92 Å². The Hall–Kier alpha value is -1.67. The van der Waals surface area contributed by atoms with Crippen molar-refractivity contribution in [3.8, 4) is 11.8 Å². The van der Waals surface area contributed by atoms with Crippen LogP contribution in [0.2, 0.25) is 0 Å². The highest BCUT2D eigenvalue weighted by Crippen LogP contribution is 2.20. The smallest absolute Gasteiger partial charge is 0.165 e. The van der Waals surface area contributed by atoms with Crippen LogP contribution in [0.5, 0.6) is 5.75 Å². The Morgan fingerprint density at radius 2 is 2.16 bits per heavy atom. The molecule has 0 saturated carbocycles. The molecule has 1 rings (SSSR count). The number of hydrogen-bond donors (Lipinski definition) is 1. The summed E-state index contributed by atoms with van der Waals surface area (Å²) >= 11 is 0. The zero-order valence-electron chi connectivity index (χ0n) is 11.2. The molecule has 0 spiro atoms. The third-order valence-electron chi connectivity index (χ3n) is 3.19. The summed E-state index contributed by atoms with van der Waals surface area (Å²) in [6.07, 6.45) is 1.85. The number of rotatable bonds is 7. The van der Waals surface area contributed by atoms with Gasteiger partial charge in [-0.15, -0.1) is 0 Å². The van der Waals surface area contributed by atoms with E-state index in [1.54, 1.807) is 7.05 Å². The number of hydrogen-bond acceptors (Lipinski definition) is 3. The molecule has 0 radical (unpaired) electrons. The Morgan fingerprint density at radius 1 is 1.42 bits per heavy atom. The number of ether oxygens (including phenoxy) is 1. The molecule has 19 heavy (non-hydrogen) atoms. The summed E-state index contributed by atoms with van der Waals surface area (Å²) in [5, 5.41) is 12.1. The van der Waals surface area contributed by atoms with E-state index in [0.717, 1.165) is 18.2 Å². The Balaban J connectivity index is 2.47. The summed E-state index contributed by atoms with van der Waals surface area (Å²) in [7, 11) is 1.74. The predicted molar refractivity (Wildman–Crippen MR) is 68.8 cm³/mol. The van der Waals surface area contributed by atoms with Crippen LogP contribution in [0.4, 0.5) is 8.78 Å². The lowest BCUT2D eigenvalue weighted by Gasteiger charge is -2.24. The molecule has 0 aliphatic carbocycles. The fourth-order valence-corrected chi connectivity index (χ4v) is 1.81. The highest BCUT2D eigenvalue weighted by Gasteiger charge is 2.24. The van der Waals surface area contributed by atoms with Gasteiger partial charge in [0.15, 0.2) is 11.6 Å². The molecular formula is C14H18F2N2O. The van der Waals surface area contributed by atoms with Gasteiger partial charge in [0.05, 0.1) is 12.7 Å². The van der Waals surface area contributed by atoms with Crippen molar-refractivity contribution in [3.63, 3.8) is 0 Å². The van der Waals surface area contributed by atoms with E-state index in [2.05, 4.69) is 11.4 Å². The average Bonchev–Trinajstić information content (AvgIpc) is 2.43. The summed E-state index contributed by atoms with van der Waals surface area (Å²) in [5.41, 5.74) is -0.580. The molecule has 104 valence electrons. The number of benzene rings is 1. The molecule has 0 aromatic heterocycles. The molecule has 1 N–H and O–H groups in total. The van der Waals surface area contributed by atoms with Crippen LogP contribution in [0, 0.1) is 23.0 Å². The fraction of sp³-hybridized carbons (Fsp3) is 0.500. The van der Waals surface area contributed by atoms with Gasteiger partial charge in [-0.3, -0.25) is 0 Å². The number of nitrogens with zero attached hydrogens (tertiary/aromatic N) is 1. The Bertz CT molecular complexity index is 453. The van der Waals surface area contributed by atoms with E-state index in [1.165, 1.54) is 0 Å². The molecule has 0 aliphatic heterocycles. The molecule has 0 amide bonds. The van der Waals surface area contributed by atoms with Gasteiger partial charge in [0, 0.05) is 6.07 Å². The molecule has 1 aromatic rings. The van der Waals surface area contributed by atoms with Gasteiger partial charge >= 0.3 is 0 Å². The highest BCUT2D eigenvalue weighted by molar-refractivity contribution is 5.24. The van der Waals surface area contributed by atoms with Crippen LogP contribution in [0.3, 0.4) is 0 Å². The van der Waals surface area contributed by atoms with E-state index in [0.29, 0.717) is 19.3 Å². The van der Waals surface area contributed by atoms with Crippen molar-refractivity contribution in [3.05, 3.63) is 29.8 Å². The van der Waals surface area contributed by atoms with Gasteiger partial charge in [0.25, 0.3) is 0 Å². The summed E-state index contributed by atoms with van der Waals surface area (Å²) in [5.74, 6) is -1.22. The van der Waals surface area contributed by atoms with E-state index in [4.69, 9.17) is 10.00 Å². The van der Waals surface area contributed by atoms with Gasteiger partial charge in [0.2, 0.25) is 0 Å². The van der Waals surface area contributed by atoms with Crippen molar-refractivity contribution in [2.75, 3.05) is 13.7 Å². The van der Waals surface area contributed by atoms with E-state index in [1.807, 2.05) is 6.92 Å². The monoisotopic (exact) mass is 268 g/mol. The zero-order valence-corrected chi connectivity index (χ0v) is 11.2. The van der Waals surface area contributed by atoms with Crippen LogP contribution in [-0.4, -0.2) is 19.2 Å². The zero-order chi connectivity index (χ0) is 14.3. The first kappa shape index (κ1) is 15.4. The molecule has 0 aliphatic rings. The third-order valence-corrected chi connectivity index (χ3v) is 3.19. The lowest BCUT2D eigenvalue weighted by molar-refractivity contribution is 0.269. The SMILES string of the molecule is CCC(C#N)(CCCOc1cc(F)ccc1F)NC. The van der Waals surface area contributed by atoms with Crippen molar-refractivity contribution in [1.82, 2.24) is 5.32 Å². The van der Waals surface area contributed by atoms with Gasteiger partial charge in [-0.2, -0.15) is 5.26 Å². The van der Waals surface area contributed by atoms with Crippen LogP contribution >= 0.6 is 0 Å². The Kier molecular flexibility index (Phi) is 5.71. The molecule has 5 heteroatoms. The van der Waals surface area contributed by atoms with E-state index >= 15 is 0 Å². The van der Waals surface area contributed by atoms with Crippen molar-refractivity contribution >= 4 is 0 Å². The predicted octanol–water partition coefficient (Wildman–Crippen LogP) is 3.02. The van der Waals surface area contributed by atoms with Crippen molar-refractivity contribution < 1.29 is 13.5 Å². The minimum atomic E-state index is -0.586. The average molecular weight is 268 g/mol. The minimum absolute atomic E-state index is 0.0940. The van der Waals surface area contributed by atoms with E-state index in [9.17, 15) is 8.78 Å². The number of halogens is 2. The molecule has 1 atom stereocenters. The maximum absolute atomic E-state index is 13.3. The minimum Gasteiger partial charge on any atom is -0.490 e. The second-order valence-corrected chi connectivity index (χ2v) is 4.32. The summed E-state index contributed by atoms with van der Waals surface area (Å²) in [6.45, 7) is 2.16. The van der Waals surface area contributed by atoms with Crippen molar-refractivity contribution in [2.45, 2.75) is 31.7 Å². The number of nitrogens with one attached hydrogen (secondary N) is 1. The second kappa shape index (κ2) is 7.05. The summed E-state index contributed by atoms with van der Waals surface area (Å²) in [4.78, 5) is 0. The molecule has 1 aromatic carbocycles. The molecule has 0 saturated heterocycles. The Morgan fingerprint density at radius 3 is 2.74 bits per heavy atom. The lowest BCUT2D eigenvalue weighted by Crippen LogP contribution is -2.41. The van der Waals surface area contributed by atoms with Crippen LogP contribution in [-0.2, 0) is 0 Å². The van der Waals surface area contributed by atoms with Crippen molar-refractivity contribution in [2.24, 2.45) is 0 Å². The first-order chi connectivity index (χ1) is 9.06. The maximum Gasteiger partial charge on any atom is 0.165 e. The third kappa shape index (κ3) is 4.18. The molecule has 0 bridgehead atoms. The van der Waals surface area contributed by atoms with Crippen LogP contribution in [0.1, 0.15) is 26.2 Å². The topological polar surface area (TPSA) is 45.0 Å². The van der Waals surface area contributed by atoms with Gasteiger partial charge < -0.3 is 10.1 Å². The van der Waals surface area contributed by atoms with Crippen LogP contribution < -0.4 is 10.1 Å². The molecule has 0 fully saturated rings. The number of nitriles is 1. The van der Waals surface area contributed by atoms with Gasteiger partial charge in [-0.05, 0) is 38.4 Å². The summed E-state index contributed by atoms with van der Waals surface area (Å²) in [6, 6.07) is 5.33. The Labute approximate surface area is 112 Å². The van der Waals surface area contributed by atoms with E-state index < -0.39 is 17.2 Å². The maximum atomic E-state index is 13.3. The quantitative estimate of drug-likeness (QED) is 0.773. The molecule has 1 unspecified atom stereocenters. The summed E-state index contributed by atoms with van der Waals surface area (Å²) < 4.78 is 31.4. The lowest BCUT2D eigenvalue weighted by atomic mass is 9.92. The standard InChI is InChI=1S/C14H18F2N2O/c1-3-14(10-17,18-2)7-4-8-19-13-9-11(15)5-6-12(13)16/h5-6,9,18H,3-4,7-8H2,1-2H3. The van der Waals surface area contributed by atoms with Crippen LogP contribution in [0.15, 0.2) is 18.2 Å². The molecule has 0 heterocycles.